The van der Waals surface area contributed by atoms with Crippen LogP contribution in [0.3, 0.4) is 0 Å². The van der Waals surface area contributed by atoms with E-state index in [1.807, 2.05) is 12.5 Å². The third-order valence-electron chi connectivity index (χ3n) is 0.912. The topological polar surface area (TPSA) is 46.2 Å². The number of hydrogen-bond acceptors (Lipinski definition) is 3. The zero-order valence-electron chi connectivity index (χ0n) is 6.39. The fourth-order valence-electron chi connectivity index (χ4n) is 0.522. The number of amides is 2. The highest BCUT2D eigenvalue weighted by Crippen LogP contribution is 2.07. The summed E-state index contributed by atoms with van der Waals surface area (Å²) in [6.07, 6.45) is 4.21. The lowest BCUT2D eigenvalue weighted by Gasteiger charge is -1.85. The van der Waals surface area contributed by atoms with E-state index in [4.69, 9.17) is 11.6 Å². The summed E-state index contributed by atoms with van der Waals surface area (Å²) in [4.78, 5) is 20.6. The van der Waals surface area contributed by atoms with E-state index in [9.17, 15) is 9.59 Å². The van der Waals surface area contributed by atoms with E-state index in [0.717, 1.165) is 0 Å². The summed E-state index contributed by atoms with van der Waals surface area (Å²) in [5.74, 6) is -0.660. The van der Waals surface area contributed by atoms with E-state index in [0.29, 0.717) is 0 Å². The normalized spacial score (nSPS) is 22.3. The molecule has 0 aromatic heterocycles. The van der Waals surface area contributed by atoms with Gasteiger partial charge in [-0.25, -0.2) is 0 Å². The van der Waals surface area contributed by atoms with Crippen molar-refractivity contribution in [3.05, 3.63) is 0 Å². The first kappa shape index (κ1) is 10.8. The van der Waals surface area contributed by atoms with Crippen LogP contribution in [0.4, 0.5) is 0 Å². The molecule has 1 atom stereocenters. The molecule has 5 heteroatoms. The molecule has 2 amide bonds. The molecule has 0 bridgehead atoms. The van der Waals surface area contributed by atoms with Crippen molar-refractivity contribution < 1.29 is 9.59 Å². The Kier molecular flexibility index (Phi) is 5.32. The van der Waals surface area contributed by atoms with E-state index in [1.54, 1.807) is 11.8 Å². The molecule has 1 rings (SSSR count). The molecule has 3 nitrogen and oxygen atoms in total. The van der Waals surface area contributed by atoms with Crippen LogP contribution in [0.15, 0.2) is 0 Å². The van der Waals surface area contributed by atoms with Crippen LogP contribution in [0.5, 0.6) is 0 Å². The van der Waals surface area contributed by atoms with Gasteiger partial charge in [0.05, 0.1) is 6.42 Å². The molecule has 0 aliphatic carbocycles. The van der Waals surface area contributed by atoms with Gasteiger partial charge in [0.15, 0.2) is 0 Å². The third kappa shape index (κ3) is 4.27. The van der Waals surface area contributed by atoms with Crippen molar-refractivity contribution in [3.8, 4) is 0 Å². The Bertz CT molecular complexity index is 163. The summed E-state index contributed by atoms with van der Waals surface area (Å²) >= 11 is 7.07. The van der Waals surface area contributed by atoms with Gasteiger partial charge in [0, 0.05) is 0 Å². The Labute approximate surface area is 74.9 Å². The second-order valence-electron chi connectivity index (χ2n) is 1.99. The molecule has 1 unspecified atom stereocenters. The molecule has 0 aromatic carbocycles. The van der Waals surface area contributed by atoms with Crippen LogP contribution in [0, 0.1) is 0 Å². The predicted octanol–water partition coefficient (Wildman–Crippen LogP) is 0.619. The van der Waals surface area contributed by atoms with Crippen LogP contribution < -0.4 is 5.32 Å². The quantitative estimate of drug-likeness (QED) is 0.455. The van der Waals surface area contributed by atoms with Crippen LogP contribution in [-0.4, -0.2) is 29.7 Å². The first-order valence-electron chi connectivity index (χ1n) is 2.99. The first-order valence-corrected chi connectivity index (χ1v) is 5.06. The molecular formula is C6H10ClNO2S. The Morgan fingerprint density at radius 1 is 1.55 bits per heavy atom. The van der Waals surface area contributed by atoms with Crippen LogP contribution in [0.2, 0.25) is 0 Å². The lowest BCUT2D eigenvalue weighted by Crippen LogP contribution is -2.21. The monoisotopic (exact) mass is 195 g/mol. The van der Waals surface area contributed by atoms with E-state index >= 15 is 0 Å². The van der Waals surface area contributed by atoms with Gasteiger partial charge in [0.1, 0.15) is 5.38 Å². The highest BCUT2D eigenvalue weighted by molar-refractivity contribution is 7.97. The molecule has 0 spiro atoms. The SMILES string of the molecule is CSC.O=C1CC(Cl)C(=O)N1. The molecule has 0 aromatic rings. The number of alkyl halides is 1. The maximum atomic E-state index is 10.3. The largest absolute Gasteiger partial charge is 0.295 e. The Morgan fingerprint density at radius 3 is 2.09 bits per heavy atom. The van der Waals surface area contributed by atoms with E-state index in [2.05, 4.69) is 5.32 Å². The molecule has 1 N–H and O–H groups in total. The minimum atomic E-state index is -0.637. The maximum Gasteiger partial charge on any atom is 0.245 e. The predicted molar refractivity (Wildman–Crippen MR) is 46.8 cm³/mol. The van der Waals surface area contributed by atoms with Gasteiger partial charge in [-0.15, -0.1) is 11.6 Å². The highest BCUT2D eigenvalue weighted by Gasteiger charge is 2.27. The zero-order valence-corrected chi connectivity index (χ0v) is 7.96. The Morgan fingerprint density at radius 2 is 2.00 bits per heavy atom. The van der Waals surface area contributed by atoms with Crippen molar-refractivity contribution in [2.75, 3.05) is 12.5 Å². The number of halogens is 1. The lowest BCUT2D eigenvalue weighted by atomic mass is 10.4. The summed E-state index contributed by atoms with van der Waals surface area (Å²) in [5, 5.41) is 1.42. The van der Waals surface area contributed by atoms with Gasteiger partial charge in [-0.05, 0) is 12.5 Å². The summed E-state index contributed by atoms with van der Waals surface area (Å²) in [6, 6.07) is 0. The number of carbonyl (C=O) groups is 2. The zero-order chi connectivity index (χ0) is 8.85. The molecular weight excluding hydrogens is 186 g/mol. The summed E-state index contributed by atoms with van der Waals surface area (Å²) in [6.45, 7) is 0. The summed E-state index contributed by atoms with van der Waals surface area (Å²) in [5.41, 5.74) is 0. The molecule has 11 heavy (non-hydrogen) atoms. The van der Waals surface area contributed by atoms with Gasteiger partial charge in [0.2, 0.25) is 11.8 Å². The van der Waals surface area contributed by atoms with Gasteiger partial charge >= 0.3 is 0 Å². The molecule has 1 saturated heterocycles. The lowest BCUT2D eigenvalue weighted by molar-refractivity contribution is -0.124. The van der Waals surface area contributed by atoms with E-state index in [-0.39, 0.29) is 18.2 Å². The third-order valence-corrected chi connectivity index (χ3v) is 1.26. The van der Waals surface area contributed by atoms with E-state index in [1.165, 1.54) is 0 Å². The average Bonchev–Trinajstić information content (AvgIpc) is 2.12. The van der Waals surface area contributed by atoms with Gasteiger partial charge in [-0.2, -0.15) is 11.8 Å². The maximum absolute atomic E-state index is 10.3. The minimum Gasteiger partial charge on any atom is -0.295 e. The van der Waals surface area contributed by atoms with E-state index < -0.39 is 5.38 Å². The summed E-state index contributed by atoms with van der Waals surface area (Å²) < 4.78 is 0. The van der Waals surface area contributed by atoms with Crippen LogP contribution >= 0.6 is 23.4 Å². The Hall–Kier alpha value is -0.220. The smallest absolute Gasteiger partial charge is 0.245 e. The minimum absolute atomic E-state index is 0.125. The molecule has 1 heterocycles. The molecule has 0 radical (unpaired) electrons. The molecule has 1 fully saturated rings. The van der Waals surface area contributed by atoms with Crippen molar-refractivity contribution in [3.63, 3.8) is 0 Å². The number of hydrogen-bond donors (Lipinski definition) is 1. The van der Waals surface area contributed by atoms with Gasteiger partial charge in [-0.3, -0.25) is 14.9 Å². The van der Waals surface area contributed by atoms with Crippen molar-refractivity contribution in [1.82, 2.24) is 5.32 Å². The summed E-state index contributed by atoms with van der Waals surface area (Å²) in [7, 11) is 0. The number of rotatable bonds is 0. The average molecular weight is 196 g/mol. The second-order valence-corrected chi connectivity index (χ2v) is 3.34. The standard InChI is InChI=1S/C4H4ClNO2.C2H6S/c5-2-1-3(7)6-4(2)8;1-3-2/h2H,1H2,(H,6,7,8);1-2H3. The second kappa shape index (κ2) is 5.43. The van der Waals surface area contributed by atoms with Crippen LogP contribution in [0.25, 0.3) is 0 Å². The van der Waals surface area contributed by atoms with Gasteiger partial charge in [0.25, 0.3) is 0 Å². The fraction of sp³-hybridized carbons (Fsp3) is 0.667. The fourth-order valence-corrected chi connectivity index (χ4v) is 0.717. The van der Waals surface area contributed by atoms with Crippen LogP contribution in [-0.2, 0) is 9.59 Å². The first-order chi connectivity index (χ1) is 5.11. The van der Waals surface area contributed by atoms with Crippen molar-refractivity contribution in [2.45, 2.75) is 11.8 Å². The van der Waals surface area contributed by atoms with Crippen LogP contribution in [0.1, 0.15) is 6.42 Å². The molecule has 64 valence electrons. The molecule has 0 saturated carbocycles. The number of thioether (sulfide) groups is 1. The number of nitrogens with one attached hydrogen (secondary N) is 1. The molecule has 1 aliphatic heterocycles. The Balaban J connectivity index is 0.000000292. The highest BCUT2D eigenvalue weighted by atomic mass is 35.5. The van der Waals surface area contributed by atoms with Gasteiger partial charge in [-0.1, -0.05) is 0 Å². The number of imide groups is 1. The van der Waals surface area contributed by atoms with Gasteiger partial charge < -0.3 is 0 Å². The van der Waals surface area contributed by atoms with Crippen molar-refractivity contribution in [1.29, 1.82) is 0 Å². The van der Waals surface area contributed by atoms with Crippen molar-refractivity contribution >= 4 is 35.2 Å². The van der Waals surface area contributed by atoms with Crippen molar-refractivity contribution in [2.24, 2.45) is 0 Å². The molecule has 1 aliphatic rings. The number of carbonyl (C=O) groups excluding carboxylic acids is 2.